The summed E-state index contributed by atoms with van der Waals surface area (Å²) in [7, 11) is 0. The molecule has 55 heavy (non-hydrogen) atoms. The number of alkyl halides is 3. The van der Waals surface area contributed by atoms with E-state index in [2.05, 4.69) is 26.2 Å². The van der Waals surface area contributed by atoms with Crippen LogP contribution in [0, 0.1) is 5.92 Å². The van der Waals surface area contributed by atoms with Crippen molar-refractivity contribution in [3.8, 4) is 5.75 Å². The van der Waals surface area contributed by atoms with E-state index in [0.29, 0.717) is 53.3 Å². The number of carbonyl (C=O) groups is 5. The second-order valence-corrected chi connectivity index (χ2v) is 14.2. The van der Waals surface area contributed by atoms with Gasteiger partial charge >= 0.3 is 18.2 Å². The number of likely N-dealkylation sites (tertiary alicyclic amines) is 1. The lowest BCUT2D eigenvalue weighted by atomic mass is 10.0. The summed E-state index contributed by atoms with van der Waals surface area (Å²) in [6.07, 6.45) is -3.86. The fourth-order valence-electron chi connectivity index (χ4n) is 5.97. The number of urea groups is 1. The Morgan fingerprint density at radius 2 is 1.73 bits per heavy atom. The van der Waals surface area contributed by atoms with Gasteiger partial charge in [0.05, 0.1) is 12.6 Å². The lowest BCUT2D eigenvalue weighted by Gasteiger charge is -2.26. The zero-order valence-electron chi connectivity index (χ0n) is 30.7. The maximum Gasteiger partial charge on any atom is 0.490 e. The number of ketones is 1. The second-order valence-electron chi connectivity index (χ2n) is 13.7. The van der Waals surface area contributed by atoms with E-state index < -0.39 is 42.1 Å². The number of fused-ring (bicyclic) bond motifs is 1. The predicted octanol–water partition coefficient (Wildman–Crippen LogP) is 4.92. The maximum absolute atomic E-state index is 13.5. The van der Waals surface area contributed by atoms with E-state index in [1.807, 2.05) is 32.9 Å². The number of hydrogen-bond donors (Lipinski definition) is 5. The van der Waals surface area contributed by atoms with E-state index in [-0.39, 0.29) is 30.0 Å². The highest BCUT2D eigenvalue weighted by molar-refractivity contribution is 6.30. The Hall–Kier alpha value is -4.87. The van der Waals surface area contributed by atoms with Crippen LogP contribution in [0.4, 0.5) is 23.7 Å². The van der Waals surface area contributed by atoms with Gasteiger partial charge < -0.3 is 40.4 Å². The van der Waals surface area contributed by atoms with Gasteiger partial charge in [-0.1, -0.05) is 25.4 Å². The molecule has 3 atom stereocenters. The third-order valence-corrected chi connectivity index (χ3v) is 9.21. The minimum atomic E-state index is -5.08. The Labute approximate surface area is 321 Å². The Morgan fingerprint density at radius 3 is 2.36 bits per heavy atom. The highest BCUT2D eigenvalue weighted by Gasteiger charge is 2.38. The molecule has 0 spiro atoms. The molecule has 3 aromatic rings. The lowest BCUT2D eigenvalue weighted by molar-refractivity contribution is -0.192. The van der Waals surface area contributed by atoms with Gasteiger partial charge in [0.1, 0.15) is 24.0 Å². The van der Waals surface area contributed by atoms with Crippen LogP contribution >= 0.6 is 11.6 Å². The van der Waals surface area contributed by atoms with Gasteiger partial charge in [0, 0.05) is 54.9 Å². The minimum Gasteiger partial charge on any atom is -0.492 e. The van der Waals surface area contributed by atoms with Crippen LogP contribution < -0.4 is 26.0 Å². The average Bonchev–Trinajstić information content (AvgIpc) is 3.50. The van der Waals surface area contributed by atoms with Crippen LogP contribution in [-0.4, -0.2) is 115 Å². The number of furan rings is 1. The number of nitrogens with one attached hydrogen (secondary N) is 4. The van der Waals surface area contributed by atoms with Crippen molar-refractivity contribution in [3.63, 3.8) is 0 Å². The molecule has 0 saturated carbocycles. The second kappa shape index (κ2) is 19.6. The van der Waals surface area contributed by atoms with Crippen molar-refractivity contribution in [2.75, 3.05) is 51.2 Å². The SMILES string of the molecule is CC(C)C[C@H](NC(=O)c1cc2cc(OCCN3CCNCC3)ccc2o1)C(=O)NC1CC[C@@H](C)N(C(=O)Nc2ccc(Cl)cc2)CC1=O.O=C(O)C(F)(F)F. The molecule has 2 aliphatic heterocycles. The first-order chi connectivity index (χ1) is 26.0. The molecule has 3 heterocycles. The normalized spacial score (nSPS) is 18.5. The van der Waals surface area contributed by atoms with Crippen LogP contribution in [0.25, 0.3) is 11.0 Å². The maximum atomic E-state index is 13.5. The molecule has 1 aromatic heterocycles. The molecular weight excluding hydrogens is 749 g/mol. The number of halogens is 4. The molecule has 2 saturated heterocycles. The van der Waals surface area contributed by atoms with Gasteiger partial charge in [-0.2, -0.15) is 13.2 Å². The summed E-state index contributed by atoms with van der Waals surface area (Å²) in [4.78, 5) is 65.9. The molecule has 14 nitrogen and oxygen atoms in total. The van der Waals surface area contributed by atoms with Crippen LogP contribution in [0.3, 0.4) is 0 Å². The van der Waals surface area contributed by atoms with Gasteiger partial charge in [-0.15, -0.1) is 0 Å². The monoisotopic (exact) mass is 794 g/mol. The van der Waals surface area contributed by atoms with Crippen LogP contribution in [-0.2, 0) is 14.4 Å². The zero-order chi connectivity index (χ0) is 40.3. The summed E-state index contributed by atoms with van der Waals surface area (Å²) in [6, 6.07) is 11.4. The van der Waals surface area contributed by atoms with E-state index in [1.54, 1.807) is 36.4 Å². The van der Waals surface area contributed by atoms with Gasteiger partial charge in [0.15, 0.2) is 11.5 Å². The Morgan fingerprint density at radius 1 is 1.05 bits per heavy atom. The van der Waals surface area contributed by atoms with Gasteiger partial charge in [-0.25, -0.2) is 9.59 Å². The summed E-state index contributed by atoms with van der Waals surface area (Å²) in [5.74, 6) is -3.19. The predicted molar refractivity (Wildman–Crippen MR) is 198 cm³/mol. The lowest BCUT2D eigenvalue weighted by Crippen LogP contribution is -2.53. The van der Waals surface area contributed by atoms with Crippen LogP contribution in [0.1, 0.15) is 50.6 Å². The van der Waals surface area contributed by atoms with Crippen molar-refractivity contribution in [2.24, 2.45) is 5.92 Å². The zero-order valence-corrected chi connectivity index (χ0v) is 31.5. The summed E-state index contributed by atoms with van der Waals surface area (Å²) < 4.78 is 43.5. The number of ether oxygens (including phenoxy) is 1. The molecule has 0 aliphatic carbocycles. The first kappa shape index (κ1) is 42.9. The topological polar surface area (TPSA) is 183 Å². The van der Waals surface area contributed by atoms with E-state index >= 15 is 0 Å². The first-order valence-electron chi connectivity index (χ1n) is 17.9. The molecule has 18 heteroatoms. The van der Waals surface area contributed by atoms with Gasteiger partial charge in [0.25, 0.3) is 5.91 Å². The fraction of sp³-hybridized carbons (Fsp3) is 0.486. The van der Waals surface area contributed by atoms with E-state index in [9.17, 15) is 32.3 Å². The molecule has 300 valence electrons. The van der Waals surface area contributed by atoms with Crippen LogP contribution in [0.15, 0.2) is 52.9 Å². The van der Waals surface area contributed by atoms with Crippen LogP contribution in [0.2, 0.25) is 5.02 Å². The Kier molecular flexibility index (Phi) is 15.3. The number of piperazine rings is 1. The highest BCUT2D eigenvalue weighted by Crippen LogP contribution is 2.25. The first-order valence-corrected chi connectivity index (χ1v) is 18.2. The molecular formula is C37H46ClF3N6O8. The molecule has 0 radical (unpaired) electrons. The molecule has 2 fully saturated rings. The fourth-order valence-corrected chi connectivity index (χ4v) is 6.09. The number of amides is 4. The van der Waals surface area contributed by atoms with E-state index in [4.69, 9.17) is 30.7 Å². The number of nitrogens with zero attached hydrogens (tertiary/aromatic N) is 2. The van der Waals surface area contributed by atoms with Gasteiger partial charge in [-0.05, 0) is 80.6 Å². The molecule has 2 aliphatic rings. The number of carbonyl (C=O) groups excluding carboxylic acids is 4. The third kappa shape index (κ3) is 13.1. The number of rotatable bonds is 11. The number of carboxylic acids is 1. The molecule has 1 unspecified atom stereocenters. The largest absolute Gasteiger partial charge is 0.492 e. The third-order valence-electron chi connectivity index (χ3n) is 8.96. The summed E-state index contributed by atoms with van der Waals surface area (Å²) in [5.41, 5.74) is 1.09. The Bertz CT molecular complexity index is 1800. The van der Waals surface area contributed by atoms with E-state index in [1.165, 1.54) is 4.90 Å². The summed E-state index contributed by atoms with van der Waals surface area (Å²) in [5, 5.41) is 20.2. The van der Waals surface area contributed by atoms with Crippen molar-refractivity contribution in [2.45, 2.75) is 64.3 Å². The smallest absolute Gasteiger partial charge is 0.490 e. The minimum absolute atomic E-state index is 0.0752. The number of carboxylic acid groups (broad SMARTS) is 1. The molecule has 4 amide bonds. The highest BCUT2D eigenvalue weighted by atomic mass is 35.5. The number of anilines is 1. The van der Waals surface area contributed by atoms with Crippen molar-refractivity contribution < 1.29 is 51.4 Å². The van der Waals surface area contributed by atoms with Crippen molar-refractivity contribution in [1.29, 1.82) is 0 Å². The standard InChI is InChI=1S/C35H45ClN6O6.C2HF3O2/c1-22(2)18-29(33(44)39-28-10-4-23(3)42(21-30(28)43)35(46)38-26-7-5-25(36)6-8-26)40-34(45)32-20-24-19-27(9-11-31(24)48-32)47-17-16-41-14-12-37-13-15-41;3-2(4,5)1(6)7/h5-9,11,19-20,22-23,28-29,37H,4,10,12-18,21H2,1-3H3,(H,38,46)(H,39,44)(H,40,45);(H,6,7)/t23-,28?,29+;/m1./s1. The Balaban J connectivity index is 0.000000876. The number of aliphatic carboxylic acids is 1. The molecule has 5 rings (SSSR count). The average molecular weight is 795 g/mol. The molecule has 2 aromatic carbocycles. The number of hydrogen-bond acceptors (Lipinski definition) is 9. The summed E-state index contributed by atoms with van der Waals surface area (Å²) >= 11 is 5.95. The van der Waals surface area contributed by atoms with Crippen molar-refractivity contribution >= 4 is 57.9 Å². The quantitative estimate of drug-likeness (QED) is 0.179. The summed E-state index contributed by atoms with van der Waals surface area (Å²) in [6.45, 7) is 11.0. The van der Waals surface area contributed by atoms with Gasteiger partial charge in [-0.3, -0.25) is 19.3 Å². The van der Waals surface area contributed by atoms with Gasteiger partial charge in [0.2, 0.25) is 5.91 Å². The number of benzene rings is 2. The molecule has 5 N–H and O–H groups in total. The van der Waals surface area contributed by atoms with Crippen molar-refractivity contribution in [1.82, 2.24) is 25.8 Å². The van der Waals surface area contributed by atoms with E-state index in [0.717, 1.165) is 32.7 Å². The van der Waals surface area contributed by atoms with Crippen LogP contribution in [0.5, 0.6) is 5.75 Å². The van der Waals surface area contributed by atoms with Crippen molar-refractivity contribution in [3.05, 3.63) is 59.3 Å². The number of Topliss-reactive ketones (excluding diaryl/α,β-unsaturated/α-hetero) is 1. The molecule has 0 bridgehead atoms.